The minimum Gasteiger partial charge on any atom is -0.459 e. The molecule has 2 fully saturated rings. The summed E-state index contributed by atoms with van der Waals surface area (Å²) in [6.07, 6.45) is 3.22. The van der Waals surface area contributed by atoms with Crippen LogP contribution >= 0.6 is 0 Å². The summed E-state index contributed by atoms with van der Waals surface area (Å²) in [7, 11) is 0. The van der Waals surface area contributed by atoms with Crippen LogP contribution in [0.15, 0.2) is 0 Å². The number of fused-ring (bicyclic) bond motifs is 2. The molecule has 0 aromatic heterocycles. The van der Waals surface area contributed by atoms with Crippen LogP contribution in [0.25, 0.3) is 0 Å². The fourth-order valence-corrected chi connectivity index (χ4v) is 3.26. The number of esters is 1. The monoisotopic (exact) mass is 212 g/mol. The van der Waals surface area contributed by atoms with Crippen molar-refractivity contribution in [2.75, 3.05) is 0 Å². The number of ether oxygens (including phenoxy) is 1. The summed E-state index contributed by atoms with van der Waals surface area (Å²) in [5, 5.41) is 10.1. The van der Waals surface area contributed by atoms with Gasteiger partial charge in [-0.1, -0.05) is 0 Å². The molecule has 2 aliphatic rings. The first-order valence-corrected chi connectivity index (χ1v) is 5.74. The van der Waals surface area contributed by atoms with Crippen molar-refractivity contribution < 1.29 is 14.6 Å². The highest BCUT2D eigenvalue weighted by Crippen LogP contribution is 2.47. The summed E-state index contributed by atoms with van der Waals surface area (Å²) in [4.78, 5) is 11.5. The van der Waals surface area contributed by atoms with Crippen LogP contribution in [0.2, 0.25) is 0 Å². The zero-order chi connectivity index (χ0) is 11.3. The van der Waals surface area contributed by atoms with Gasteiger partial charge in [-0.05, 0) is 51.9 Å². The Morgan fingerprint density at radius 1 is 1.53 bits per heavy atom. The third-order valence-electron chi connectivity index (χ3n) is 3.94. The van der Waals surface area contributed by atoms with Crippen LogP contribution in [0, 0.1) is 11.8 Å². The predicted octanol–water partition coefficient (Wildman–Crippen LogP) is 1.88. The van der Waals surface area contributed by atoms with Gasteiger partial charge in [0.15, 0.2) is 0 Å². The lowest BCUT2D eigenvalue weighted by molar-refractivity contribution is -0.185. The highest BCUT2D eigenvalue weighted by atomic mass is 16.6. The largest absolute Gasteiger partial charge is 0.459 e. The van der Waals surface area contributed by atoms with Crippen molar-refractivity contribution in [3.63, 3.8) is 0 Å². The zero-order valence-electron chi connectivity index (χ0n) is 9.75. The van der Waals surface area contributed by atoms with Crippen LogP contribution in [0.1, 0.15) is 46.5 Å². The first kappa shape index (κ1) is 10.9. The van der Waals surface area contributed by atoms with Crippen molar-refractivity contribution in [3.8, 4) is 0 Å². The number of carbonyl (C=O) groups excluding carboxylic acids is 1. The Morgan fingerprint density at radius 2 is 2.20 bits per heavy atom. The summed E-state index contributed by atoms with van der Waals surface area (Å²) >= 11 is 0. The molecule has 0 aromatic carbocycles. The van der Waals surface area contributed by atoms with Gasteiger partial charge in [0, 0.05) is 6.42 Å². The normalized spacial score (nSPS) is 41.2. The van der Waals surface area contributed by atoms with Gasteiger partial charge in [-0.3, -0.25) is 4.79 Å². The van der Waals surface area contributed by atoms with E-state index >= 15 is 0 Å². The molecule has 1 heterocycles. The maximum atomic E-state index is 11.5. The smallest absolute Gasteiger partial charge is 0.306 e. The molecule has 0 unspecified atom stereocenters. The topological polar surface area (TPSA) is 46.5 Å². The molecule has 1 saturated heterocycles. The third-order valence-corrected chi connectivity index (χ3v) is 3.94. The summed E-state index contributed by atoms with van der Waals surface area (Å²) < 4.78 is 5.39. The van der Waals surface area contributed by atoms with E-state index in [2.05, 4.69) is 0 Å². The van der Waals surface area contributed by atoms with Crippen molar-refractivity contribution >= 4 is 5.97 Å². The molecular weight excluding hydrogens is 192 g/mol. The van der Waals surface area contributed by atoms with Gasteiger partial charge in [-0.2, -0.15) is 0 Å². The Morgan fingerprint density at radius 3 is 2.80 bits per heavy atom. The lowest BCUT2D eigenvalue weighted by atomic mass is 9.64. The van der Waals surface area contributed by atoms with Gasteiger partial charge in [-0.15, -0.1) is 0 Å². The minimum absolute atomic E-state index is 0.0947. The molecular formula is C12H20O3. The number of hydrogen-bond donors (Lipinski definition) is 1. The molecule has 1 aliphatic carbocycles. The quantitative estimate of drug-likeness (QED) is 0.675. The molecule has 15 heavy (non-hydrogen) atoms. The Kier molecular flexibility index (Phi) is 2.34. The highest BCUT2D eigenvalue weighted by molar-refractivity contribution is 5.71. The molecule has 0 spiro atoms. The Balaban J connectivity index is 2.19. The summed E-state index contributed by atoms with van der Waals surface area (Å²) in [6.45, 7) is 5.71. The maximum absolute atomic E-state index is 11.5. The first-order chi connectivity index (χ1) is 6.80. The summed E-state index contributed by atoms with van der Waals surface area (Å²) in [5.41, 5.74) is -0.939. The maximum Gasteiger partial charge on any atom is 0.306 e. The van der Waals surface area contributed by atoms with Crippen LogP contribution in [0.5, 0.6) is 0 Å². The molecule has 86 valence electrons. The van der Waals surface area contributed by atoms with Crippen LogP contribution in [-0.4, -0.2) is 22.3 Å². The molecule has 1 saturated carbocycles. The Labute approximate surface area is 90.8 Å². The van der Waals surface area contributed by atoms with E-state index < -0.39 is 5.60 Å². The zero-order valence-corrected chi connectivity index (χ0v) is 9.75. The molecule has 2 rings (SSSR count). The van der Waals surface area contributed by atoms with E-state index in [0.717, 1.165) is 19.3 Å². The van der Waals surface area contributed by atoms with Gasteiger partial charge in [0.1, 0.15) is 5.60 Å². The van der Waals surface area contributed by atoms with E-state index in [0.29, 0.717) is 12.3 Å². The summed E-state index contributed by atoms with van der Waals surface area (Å²) in [6, 6.07) is 0. The first-order valence-electron chi connectivity index (χ1n) is 5.74. The molecule has 3 nitrogen and oxygen atoms in total. The molecule has 0 amide bonds. The second-order valence-electron chi connectivity index (χ2n) is 5.89. The number of hydrogen-bond acceptors (Lipinski definition) is 3. The Bertz CT molecular complexity index is 279. The molecule has 1 aliphatic heterocycles. The Hall–Kier alpha value is -0.570. The average Bonchev–Trinajstić information content (AvgIpc) is 1.97. The molecule has 0 aromatic rings. The highest BCUT2D eigenvalue weighted by Gasteiger charge is 2.48. The van der Waals surface area contributed by atoms with Crippen molar-refractivity contribution in [3.05, 3.63) is 0 Å². The third kappa shape index (κ3) is 2.03. The predicted molar refractivity (Wildman–Crippen MR) is 56.2 cm³/mol. The van der Waals surface area contributed by atoms with Crippen LogP contribution in [0.3, 0.4) is 0 Å². The molecule has 0 radical (unpaired) electrons. The van der Waals surface area contributed by atoms with Crippen molar-refractivity contribution in [1.82, 2.24) is 0 Å². The van der Waals surface area contributed by atoms with E-state index in [1.807, 2.05) is 20.8 Å². The van der Waals surface area contributed by atoms with E-state index in [1.165, 1.54) is 0 Å². The van der Waals surface area contributed by atoms with Gasteiger partial charge < -0.3 is 9.84 Å². The second-order valence-corrected chi connectivity index (χ2v) is 5.89. The van der Waals surface area contributed by atoms with E-state index in [4.69, 9.17) is 4.74 Å². The number of aliphatic hydroxyl groups is 1. The van der Waals surface area contributed by atoms with Gasteiger partial charge in [-0.25, -0.2) is 0 Å². The van der Waals surface area contributed by atoms with Gasteiger partial charge in [0.25, 0.3) is 0 Å². The fourth-order valence-electron chi connectivity index (χ4n) is 3.26. The van der Waals surface area contributed by atoms with Crippen LogP contribution < -0.4 is 0 Å². The lowest BCUT2D eigenvalue weighted by Gasteiger charge is -2.49. The minimum atomic E-state index is -0.677. The second kappa shape index (κ2) is 3.21. The van der Waals surface area contributed by atoms with Crippen molar-refractivity contribution in [2.45, 2.75) is 57.7 Å². The standard InChI is InChI=1S/C12H20O3/c1-11(2,14)9-4-5-12(3)7-8(9)6-10(13)15-12/h8-9,14H,4-7H2,1-3H3/t8-,9-,12+/m0/s1. The van der Waals surface area contributed by atoms with Crippen molar-refractivity contribution in [1.29, 1.82) is 0 Å². The number of carbonyl (C=O) groups is 1. The van der Waals surface area contributed by atoms with Crippen LogP contribution in [-0.2, 0) is 9.53 Å². The average molecular weight is 212 g/mol. The molecule has 2 bridgehead atoms. The van der Waals surface area contributed by atoms with E-state index in [-0.39, 0.29) is 17.5 Å². The van der Waals surface area contributed by atoms with Gasteiger partial charge in [0.05, 0.1) is 5.60 Å². The van der Waals surface area contributed by atoms with Crippen molar-refractivity contribution in [2.24, 2.45) is 11.8 Å². The van der Waals surface area contributed by atoms with Gasteiger partial charge in [0.2, 0.25) is 0 Å². The number of rotatable bonds is 1. The van der Waals surface area contributed by atoms with Crippen LogP contribution in [0.4, 0.5) is 0 Å². The fraction of sp³-hybridized carbons (Fsp3) is 0.917. The molecule has 1 N–H and O–H groups in total. The molecule has 3 atom stereocenters. The molecule has 3 heteroatoms. The van der Waals surface area contributed by atoms with E-state index in [1.54, 1.807) is 0 Å². The SMILES string of the molecule is CC(C)(O)[C@H]1CC[C@]2(C)C[C@@H]1CC(=O)O2. The van der Waals surface area contributed by atoms with E-state index in [9.17, 15) is 9.90 Å². The lowest BCUT2D eigenvalue weighted by Crippen LogP contribution is -2.51. The van der Waals surface area contributed by atoms with Gasteiger partial charge >= 0.3 is 5.97 Å². The summed E-state index contributed by atoms with van der Waals surface area (Å²) in [5.74, 6) is 0.436.